The normalized spacial score (nSPS) is 13.3. The number of rotatable bonds is 14. The predicted octanol–water partition coefficient (Wildman–Crippen LogP) is -4.41. The summed E-state index contributed by atoms with van der Waals surface area (Å²) in [5.41, 5.74) is 16.6. The van der Waals surface area contributed by atoms with Crippen LogP contribution in [0.25, 0.3) is 0 Å². The molecular weight excluding hydrogens is 428 g/mol. The molecule has 1 rings (SSSR count). The van der Waals surface area contributed by atoms with Crippen molar-refractivity contribution in [2.24, 2.45) is 17.2 Å². The quantitative estimate of drug-likeness (QED) is 0.135. The Labute approximate surface area is 181 Å². The monoisotopic (exact) mass is 454 g/mol. The molecule has 0 saturated heterocycles. The Morgan fingerprint density at radius 3 is 2.19 bits per heavy atom. The summed E-state index contributed by atoms with van der Waals surface area (Å²) in [6, 6.07) is -3.93. The van der Waals surface area contributed by atoms with Gasteiger partial charge in [-0.1, -0.05) is 0 Å². The standard InChI is InChI=1S/C17H26N8O7/c18-9(3-8-5-21-7-23-8)15(30)25-11(4-13(20)27)17(32)24-10(1-2-12(19)26)16(31)22-6-14(28)29/h5,7,9-11H,1-4,6,18H2,(H2,19,26)(H2,20,27)(H,21,23)(H,22,31)(H,24,32)(H,25,30)(H,28,29). The topological polar surface area (TPSA) is 265 Å². The molecule has 5 amide bonds. The van der Waals surface area contributed by atoms with E-state index in [0.29, 0.717) is 5.69 Å². The van der Waals surface area contributed by atoms with Gasteiger partial charge in [-0.15, -0.1) is 0 Å². The summed E-state index contributed by atoms with van der Waals surface area (Å²) in [4.78, 5) is 76.9. The van der Waals surface area contributed by atoms with Crippen molar-refractivity contribution in [3.63, 3.8) is 0 Å². The zero-order valence-electron chi connectivity index (χ0n) is 17.0. The summed E-state index contributed by atoms with van der Waals surface area (Å²) >= 11 is 0. The third kappa shape index (κ3) is 9.66. The van der Waals surface area contributed by atoms with Crippen LogP contribution in [0.5, 0.6) is 0 Å². The molecule has 0 aliphatic carbocycles. The third-order valence-corrected chi connectivity index (χ3v) is 4.10. The van der Waals surface area contributed by atoms with E-state index >= 15 is 0 Å². The summed E-state index contributed by atoms with van der Waals surface area (Å²) in [5.74, 6) is -5.65. The number of primary amides is 2. The highest BCUT2D eigenvalue weighted by Crippen LogP contribution is 2.02. The van der Waals surface area contributed by atoms with Crippen LogP contribution in [0.1, 0.15) is 25.0 Å². The molecule has 0 aromatic carbocycles. The van der Waals surface area contributed by atoms with Crippen LogP contribution in [-0.2, 0) is 35.2 Å². The molecule has 0 bridgehead atoms. The molecule has 15 nitrogen and oxygen atoms in total. The molecule has 0 aliphatic rings. The maximum absolute atomic E-state index is 12.6. The van der Waals surface area contributed by atoms with Gasteiger partial charge in [0.15, 0.2) is 0 Å². The number of nitrogens with two attached hydrogens (primary N) is 3. The molecule has 0 radical (unpaired) electrons. The van der Waals surface area contributed by atoms with Gasteiger partial charge in [0.05, 0.1) is 18.8 Å². The molecule has 32 heavy (non-hydrogen) atoms. The van der Waals surface area contributed by atoms with Gasteiger partial charge >= 0.3 is 5.97 Å². The summed E-state index contributed by atoms with van der Waals surface area (Å²) < 4.78 is 0. The Bertz CT molecular complexity index is 842. The van der Waals surface area contributed by atoms with Crippen molar-refractivity contribution in [1.82, 2.24) is 25.9 Å². The lowest BCUT2D eigenvalue weighted by atomic mass is 10.1. The molecule has 1 aromatic heterocycles. The number of imidazole rings is 1. The second-order valence-electron chi connectivity index (χ2n) is 6.80. The first-order valence-corrected chi connectivity index (χ1v) is 9.39. The maximum atomic E-state index is 12.6. The van der Waals surface area contributed by atoms with Crippen molar-refractivity contribution in [1.29, 1.82) is 0 Å². The minimum atomic E-state index is -1.48. The summed E-state index contributed by atoms with van der Waals surface area (Å²) in [6.45, 7) is -0.730. The van der Waals surface area contributed by atoms with Gasteiger partial charge in [0.25, 0.3) is 0 Å². The Morgan fingerprint density at radius 2 is 1.66 bits per heavy atom. The Hall–Kier alpha value is -4.01. The number of H-pyrrole nitrogens is 1. The van der Waals surface area contributed by atoms with E-state index in [1.807, 2.05) is 0 Å². The largest absolute Gasteiger partial charge is 0.480 e. The zero-order chi connectivity index (χ0) is 24.3. The van der Waals surface area contributed by atoms with E-state index in [-0.39, 0.29) is 19.3 Å². The minimum Gasteiger partial charge on any atom is -0.480 e. The lowest BCUT2D eigenvalue weighted by molar-refractivity contribution is -0.139. The lowest BCUT2D eigenvalue weighted by Crippen LogP contribution is -2.57. The molecule has 1 heterocycles. The maximum Gasteiger partial charge on any atom is 0.322 e. The van der Waals surface area contributed by atoms with Gasteiger partial charge in [0, 0.05) is 24.7 Å². The van der Waals surface area contributed by atoms with Crippen LogP contribution in [0.15, 0.2) is 12.5 Å². The zero-order valence-corrected chi connectivity index (χ0v) is 17.0. The second-order valence-corrected chi connectivity index (χ2v) is 6.80. The summed E-state index contributed by atoms with van der Waals surface area (Å²) in [7, 11) is 0. The number of aromatic amines is 1. The van der Waals surface area contributed by atoms with Crippen LogP contribution in [0.2, 0.25) is 0 Å². The van der Waals surface area contributed by atoms with E-state index in [4.69, 9.17) is 22.3 Å². The number of carbonyl (C=O) groups is 6. The average Bonchev–Trinajstić information content (AvgIpc) is 3.20. The van der Waals surface area contributed by atoms with E-state index in [0.717, 1.165) is 0 Å². The van der Waals surface area contributed by atoms with Crippen LogP contribution in [0.3, 0.4) is 0 Å². The number of carbonyl (C=O) groups excluding carboxylic acids is 5. The fourth-order valence-electron chi connectivity index (χ4n) is 2.53. The van der Waals surface area contributed by atoms with Gasteiger partial charge in [-0.05, 0) is 6.42 Å². The van der Waals surface area contributed by atoms with E-state index in [1.165, 1.54) is 12.5 Å². The molecule has 176 valence electrons. The first-order chi connectivity index (χ1) is 15.0. The van der Waals surface area contributed by atoms with Gasteiger partial charge in [0.2, 0.25) is 29.5 Å². The van der Waals surface area contributed by atoms with Crippen molar-refractivity contribution < 1.29 is 33.9 Å². The number of hydrogen-bond acceptors (Lipinski definition) is 8. The van der Waals surface area contributed by atoms with E-state index in [2.05, 4.69) is 25.9 Å². The first kappa shape index (κ1) is 26.0. The molecule has 0 spiro atoms. The Morgan fingerprint density at radius 1 is 1.00 bits per heavy atom. The van der Waals surface area contributed by atoms with Crippen molar-refractivity contribution in [3.8, 4) is 0 Å². The summed E-state index contributed by atoms with van der Waals surface area (Å²) in [5, 5.41) is 15.3. The summed E-state index contributed by atoms with van der Waals surface area (Å²) in [6.07, 6.45) is 1.77. The van der Waals surface area contributed by atoms with Gasteiger partial charge in [-0.3, -0.25) is 28.8 Å². The van der Waals surface area contributed by atoms with E-state index in [1.54, 1.807) is 0 Å². The highest BCUT2D eigenvalue weighted by atomic mass is 16.4. The first-order valence-electron chi connectivity index (χ1n) is 9.39. The number of carboxylic acids is 1. The molecular formula is C17H26N8O7. The fourth-order valence-corrected chi connectivity index (χ4v) is 2.53. The number of aromatic nitrogens is 2. The molecule has 15 heteroatoms. The van der Waals surface area contributed by atoms with Crippen LogP contribution >= 0.6 is 0 Å². The van der Waals surface area contributed by atoms with Crippen molar-refractivity contribution in [2.75, 3.05) is 6.54 Å². The second kappa shape index (κ2) is 12.6. The SMILES string of the molecule is NC(=O)CCC(NC(=O)C(CC(N)=O)NC(=O)C(N)Cc1cnc[nH]1)C(=O)NCC(=O)O. The molecule has 3 unspecified atom stereocenters. The van der Waals surface area contributed by atoms with E-state index in [9.17, 15) is 28.8 Å². The third-order valence-electron chi connectivity index (χ3n) is 4.10. The number of nitrogens with one attached hydrogen (secondary N) is 4. The highest BCUT2D eigenvalue weighted by molar-refractivity contribution is 5.96. The van der Waals surface area contributed by atoms with Gasteiger partial charge in [-0.25, -0.2) is 4.98 Å². The van der Waals surface area contributed by atoms with Crippen molar-refractivity contribution >= 4 is 35.5 Å². The smallest absolute Gasteiger partial charge is 0.322 e. The Balaban J connectivity index is 2.87. The van der Waals surface area contributed by atoms with E-state index < -0.39 is 66.6 Å². The number of aliphatic carboxylic acids is 1. The average molecular weight is 454 g/mol. The fraction of sp³-hybridized carbons (Fsp3) is 0.471. The van der Waals surface area contributed by atoms with Gasteiger partial charge in [0.1, 0.15) is 18.6 Å². The predicted molar refractivity (Wildman–Crippen MR) is 107 cm³/mol. The Kier molecular flexibility index (Phi) is 10.3. The lowest BCUT2D eigenvalue weighted by Gasteiger charge is -2.23. The van der Waals surface area contributed by atoms with Gasteiger partial charge in [-0.2, -0.15) is 0 Å². The number of hydrogen-bond donors (Lipinski definition) is 8. The molecule has 3 atom stereocenters. The van der Waals surface area contributed by atoms with Gasteiger partial charge < -0.3 is 43.2 Å². The minimum absolute atomic E-state index is 0.0651. The molecule has 11 N–H and O–H groups in total. The highest BCUT2D eigenvalue weighted by Gasteiger charge is 2.29. The number of nitrogens with zero attached hydrogens (tertiary/aromatic N) is 1. The van der Waals surface area contributed by atoms with Crippen LogP contribution in [0.4, 0.5) is 0 Å². The van der Waals surface area contributed by atoms with Crippen molar-refractivity contribution in [2.45, 2.75) is 43.8 Å². The number of amides is 5. The number of carboxylic acid groups (broad SMARTS) is 1. The molecule has 1 aromatic rings. The van der Waals surface area contributed by atoms with Crippen LogP contribution in [0, 0.1) is 0 Å². The van der Waals surface area contributed by atoms with Crippen molar-refractivity contribution in [3.05, 3.63) is 18.2 Å². The van der Waals surface area contributed by atoms with Crippen LogP contribution < -0.4 is 33.2 Å². The molecule has 0 saturated carbocycles. The van der Waals surface area contributed by atoms with Crippen LogP contribution in [-0.4, -0.2) is 75.2 Å². The molecule has 0 fully saturated rings. The molecule has 0 aliphatic heterocycles.